The monoisotopic (exact) mass is 618 g/mol. The van der Waals surface area contributed by atoms with Crippen molar-refractivity contribution in [1.29, 1.82) is 0 Å². The molecule has 1 spiro atoms. The Bertz CT molecular complexity index is 1630. The predicted octanol–water partition coefficient (Wildman–Crippen LogP) is 5.65. The zero-order valence-electron chi connectivity index (χ0n) is 25.4. The summed E-state index contributed by atoms with van der Waals surface area (Å²) in [5.41, 5.74) is 1.47. The van der Waals surface area contributed by atoms with Gasteiger partial charge in [0, 0.05) is 31.3 Å². The van der Waals surface area contributed by atoms with Gasteiger partial charge in [0.15, 0.2) is 11.5 Å². The lowest BCUT2D eigenvalue weighted by atomic mass is 9.48. The van der Waals surface area contributed by atoms with E-state index in [0.29, 0.717) is 42.7 Å². The molecule has 45 heavy (non-hydrogen) atoms. The fraction of sp³-hybridized carbons (Fsp3) is 0.417. The van der Waals surface area contributed by atoms with Crippen molar-refractivity contribution in [3.63, 3.8) is 0 Å². The number of aliphatic hydroxyl groups is 1. The van der Waals surface area contributed by atoms with Crippen LogP contribution in [0.4, 0.5) is 13.2 Å². The molecular formula is C36H37F3N2O4. The topological polar surface area (TPSA) is 62.2 Å². The maximum Gasteiger partial charge on any atom is 0.416 e. The van der Waals surface area contributed by atoms with Crippen LogP contribution in [0.2, 0.25) is 0 Å². The number of nitrogens with zero attached hydrogens (tertiary/aromatic N) is 2. The zero-order valence-corrected chi connectivity index (χ0v) is 25.4. The lowest BCUT2D eigenvalue weighted by Crippen LogP contribution is -2.78. The molecule has 2 aliphatic carbocycles. The summed E-state index contributed by atoms with van der Waals surface area (Å²) in [6, 6.07) is 18.8. The zero-order chi connectivity index (χ0) is 31.6. The quantitative estimate of drug-likeness (QED) is 0.347. The third kappa shape index (κ3) is 4.65. The minimum absolute atomic E-state index is 0.0885. The summed E-state index contributed by atoms with van der Waals surface area (Å²) in [4.78, 5) is 17.6. The van der Waals surface area contributed by atoms with E-state index < -0.39 is 28.9 Å². The first-order chi connectivity index (χ1) is 21.6. The largest absolute Gasteiger partial charge is 0.493 e. The Balaban J connectivity index is 1.18. The van der Waals surface area contributed by atoms with Gasteiger partial charge in [0.25, 0.3) is 0 Å². The number of methoxy groups -OCH3 is 1. The van der Waals surface area contributed by atoms with E-state index in [1.54, 1.807) is 19.1 Å². The molecule has 2 bridgehead atoms. The first kappa shape index (κ1) is 29.9. The Morgan fingerprint density at radius 3 is 2.58 bits per heavy atom. The molecule has 6 nitrogen and oxygen atoms in total. The fourth-order valence-electron chi connectivity index (χ4n) is 8.57. The number of carbonyl (C=O) groups is 1. The molecule has 7 rings (SSSR count). The van der Waals surface area contributed by atoms with Crippen LogP contribution in [0.5, 0.6) is 11.5 Å². The van der Waals surface area contributed by atoms with Crippen molar-refractivity contribution >= 4 is 12.0 Å². The van der Waals surface area contributed by atoms with Crippen LogP contribution in [-0.4, -0.2) is 71.8 Å². The van der Waals surface area contributed by atoms with E-state index in [9.17, 15) is 23.1 Å². The van der Waals surface area contributed by atoms with Crippen molar-refractivity contribution in [3.05, 3.63) is 101 Å². The van der Waals surface area contributed by atoms with Crippen LogP contribution < -0.4 is 9.47 Å². The normalized spacial score (nSPS) is 28.4. The summed E-state index contributed by atoms with van der Waals surface area (Å²) < 4.78 is 51.5. The fourth-order valence-corrected chi connectivity index (χ4v) is 8.57. The van der Waals surface area contributed by atoms with Gasteiger partial charge >= 0.3 is 6.18 Å². The molecule has 0 unspecified atom stereocenters. The molecule has 2 fully saturated rings. The number of benzene rings is 3. The highest BCUT2D eigenvalue weighted by atomic mass is 19.4. The first-order valence-electron chi connectivity index (χ1n) is 15.6. The minimum atomic E-state index is -4.42. The van der Waals surface area contributed by atoms with E-state index in [4.69, 9.17) is 9.47 Å². The molecule has 2 aliphatic heterocycles. The summed E-state index contributed by atoms with van der Waals surface area (Å²) in [5, 5.41) is 12.9. The number of carbonyl (C=O) groups excluding carboxylic acids is 1. The number of alkyl halides is 3. The lowest BCUT2D eigenvalue weighted by Gasteiger charge is -2.64. The van der Waals surface area contributed by atoms with Crippen LogP contribution in [0.25, 0.3) is 6.08 Å². The third-order valence-corrected chi connectivity index (χ3v) is 10.8. The highest BCUT2D eigenvalue weighted by Crippen LogP contribution is 2.66. The second-order valence-electron chi connectivity index (χ2n) is 12.8. The van der Waals surface area contributed by atoms with Crippen molar-refractivity contribution in [3.8, 4) is 11.5 Å². The summed E-state index contributed by atoms with van der Waals surface area (Å²) in [6.45, 7) is 1.64. The number of rotatable bonds is 7. The van der Waals surface area contributed by atoms with Crippen LogP contribution >= 0.6 is 0 Å². The van der Waals surface area contributed by atoms with Crippen LogP contribution in [0, 0.1) is 0 Å². The number of piperidine rings is 1. The first-order valence-corrected chi connectivity index (χ1v) is 15.6. The lowest BCUT2D eigenvalue weighted by molar-refractivity contribution is -0.199. The average molecular weight is 619 g/mol. The Morgan fingerprint density at radius 2 is 1.87 bits per heavy atom. The van der Waals surface area contributed by atoms with Crippen molar-refractivity contribution in [2.75, 3.05) is 27.2 Å². The number of hydrogen-bond acceptors (Lipinski definition) is 5. The molecule has 3 aromatic carbocycles. The van der Waals surface area contributed by atoms with Crippen LogP contribution in [0.1, 0.15) is 47.1 Å². The van der Waals surface area contributed by atoms with Crippen LogP contribution in [0.15, 0.2) is 72.8 Å². The number of amides is 1. The van der Waals surface area contributed by atoms with E-state index in [1.807, 2.05) is 12.1 Å². The molecule has 9 heteroatoms. The Labute approximate surface area is 261 Å². The van der Waals surface area contributed by atoms with Gasteiger partial charge in [-0.05, 0) is 79.6 Å². The Kier molecular flexibility index (Phi) is 7.24. The van der Waals surface area contributed by atoms with E-state index in [0.717, 1.165) is 42.8 Å². The molecular weight excluding hydrogens is 581 g/mol. The van der Waals surface area contributed by atoms with Crippen molar-refractivity contribution in [1.82, 2.24) is 9.80 Å². The van der Waals surface area contributed by atoms with Gasteiger partial charge in [-0.3, -0.25) is 9.69 Å². The van der Waals surface area contributed by atoms with Crippen molar-refractivity contribution in [2.24, 2.45) is 0 Å². The highest BCUT2D eigenvalue weighted by molar-refractivity contribution is 5.92. The molecule has 3 aromatic rings. The van der Waals surface area contributed by atoms with Crippen LogP contribution in [0.3, 0.4) is 0 Å². The number of likely N-dealkylation sites (tertiary alicyclic amines) is 1. The number of halogens is 3. The van der Waals surface area contributed by atoms with Gasteiger partial charge in [-0.1, -0.05) is 48.5 Å². The molecule has 5 atom stereocenters. The van der Waals surface area contributed by atoms with Gasteiger partial charge in [-0.25, -0.2) is 0 Å². The number of hydrogen-bond donors (Lipinski definition) is 1. The van der Waals surface area contributed by atoms with Gasteiger partial charge in [-0.15, -0.1) is 0 Å². The molecule has 1 saturated heterocycles. The maximum atomic E-state index is 13.5. The van der Waals surface area contributed by atoms with Crippen molar-refractivity contribution in [2.45, 2.75) is 67.5 Å². The molecule has 2 heterocycles. The molecule has 4 aliphatic rings. The smallest absolute Gasteiger partial charge is 0.416 e. The second-order valence-corrected chi connectivity index (χ2v) is 12.8. The maximum absolute atomic E-state index is 13.5. The SMILES string of the molecule is COc1ccc2c3c1O[C@H]1[C@H](N(C)C(=O)C=Cc4ccc(C(F)(F)F)cc4)CC[C@@]4(O)[C@@H](C2)N(CCc2ccccc2)CC[C@]314. The van der Waals surface area contributed by atoms with E-state index in [-0.39, 0.29) is 18.0 Å². The standard InChI is InChI=1S/C36H37F3N2O4/c1-40(30(42)15-10-24-8-12-26(13-9-24)36(37,38)39)27-16-18-35(43)29-22-25-11-14-28(44-2)32-31(25)34(35,33(27)45-32)19-21-41(29)20-17-23-6-4-3-5-7-23/h3-15,27,29,33,43H,16-22H2,1-2H3/t27-,29-,33+,34+,35-/m1/s1. The minimum Gasteiger partial charge on any atom is -0.493 e. The predicted molar refractivity (Wildman–Crippen MR) is 164 cm³/mol. The molecule has 236 valence electrons. The number of likely N-dealkylation sites (N-methyl/N-ethyl adjacent to an activating group) is 1. The van der Waals surface area contributed by atoms with E-state index in [1.165, 1.54) is 29.8 Å². The van der Waals surface area contributed by atoms with Gasteiger partial charge in [0.1, 0.15) is 6.10 Å². The van der Waals surface area contributed by atoms with E-state index in [2.05, 4.69) is 35.2 Å². The Hall–Kier alpha value is -3.82. The summed E-state index contributed by atoms with van der Waals surface area (Å²) in [5.74, 6) is 1.02. The summed E-state index contributed by atoms with van der Waals surface area (Å²) in [7, 11) is 3.36. The molecule has 0 aromatic heterocycles. The van der Waals surface area contributed by atoms with Gasteiger partial charge in [0.05, 0.1) is 29.7 Å². The average Bonchev–Trinajstić information content (AvgIpc) is 3.39. The molecule has 1 saturated carbocycles. The van der Waals surface area contributed by atoms with Gasteiger partial charge < -0.3 is 19.5 Å². The molecule has 0 radical (unpaired) electrons. The third-order valence-electron chi connectivity index (χ3n) is 10.8. The Morgan fingerprint density at radius 1 is 1.11 bits per heavy atom. The summed E-state index contributed by atoms with van der Waals surface area (Å²) in [6.07, 6.45) is 1.39. The van der Waals surface area contributed by atoms with Crippen LogP contribution in [-0.2, 0) is 29.2 Å². The number of ether oxygens (including phenoxy) is 2. The van der Waals surface area contributed by atoms with Gasteiger partial charge in [0.2, 0.25) is 5.91 Å². The van der Waals surface area contributed by atoms with Crippen molar-refractivity contribution < 1.29 is 32.5 Å². The molecule has 1 N–H and O–H groups in total. The highest BCUT2D eigenvalue weighted by Gasteiger charge is 2.73. The van der Waals surface area contributed by atoms with Gasteiger partial charge in [-0.2, -0.15) is 13.2 Å². The summed E-state index contributed by atoms with van der Waals surface area (Å²) >= 11 is 0. The molecule has 1 amide bonds. The van der Waals surface area contributed by atoms with E-state index >= 15 is 0 Å². The second kappa shape index (κ2) is 10.9.